The van der Waals surface area contributed by atoms with Gasteiger partial charge >= 0.3 is 0 Å². The molecule has 0 aromatic carbocycles. The molecule has 0 atom stereocenters. The Morgan fingerprint density at radius 2 is 2.40 bits per heavy atom. The molecule has 0 aliphatic rings. The molecule has 100 valence electrons. The van der Waals surface area contributed by atoms with Gasteiger partial charge in [0.2, 0.25) is 0 Å². The summed E-state index contributed by atoms with van der Waals surface area (Å²) in [6.45, 7) is 1.85. The second-order valence-corrected chi connectivity index (χ2v) is 4.66. The van der Waals surface area contributed by atoms with Gasteiger partial charge in [0.25, 0.3) is 5.91 Å². The van der Waals surface area contributed by atoms with Crippen LogP contribution in [0.1, 0.15) is 21.1 Å². The van der Waals surface area contributed by atoms with Crippen molar-refractivity contribution in [1.29, 1.82) is 5.26 Å². The van der Waals surface area contributed by atoms with Crippen LogP contribution in [0.15, 0.2) is 36.1 Å². The molecule has 0 spiro atoms. The summed E-state index contributed by atoms with van der Waals surface area (Å²) in [6.07, 6.45) is 4.45. The minimum Gasteiger partial charge on any atom is -0.304 e. The molecular formula is C13H11N5OS. The van der Waals surface area contributed by atoms with Crippen LogP contribution in [0.2, 0.25) is 0 Å². The third kappa shape index (κ3) is 3.40. The highest BCUT2D eigenvalue weighted by molar-refractivity contribution is 7.10. The number of aryl methyl sites for hydroxylation is 1. The van der Waals surface area contributed by atoms with Crippen molar-refractivity contribution >= 4 is 22.8 Å². The molecule has 20 heavy (non-hydrogen) atoms. The van der Waals surface area contributed by atoms with Crippen molar-refractivity contribution in [2.24, 2.45) is 0 Å². The molecule has 2 rings (SSSR count). The number of pyridine rings is 1. The van der Waals surface area contributed by atoms with Crippen LogP contribution >= 0.6 is 11.3 Å². The maximum absolute atomic E-state index is 11.7. The minimum absolute atomic E-state index is 0.332. The van der Waals surface area contributed by atoms with E-state index >= 15 is 0 Å². The van der Waals surface area contributed by atoms with E-state index < -0.39 is 0 Å². The Kier molecular flexibility index (Phi) is 4.42. The lowest BCUT2D eigenvalue weighted by Crippen LogP contribution is -2.33. The zero-order valence-electron chi connectivity index (χ0n) is 10.6. The summed E-state index contributed by atoms with van der Waals surface area (Å²) in [5.41, 5.74) is 6.69. The monoisotopic (exact) mass is 285 g/mol. The van der Waals surface area contributed by atoms with Crippen molar-refractivity contribution in [1.82, 2.24) is 20.8 Å². The molecule has 7 heteroatoms. The van der Waals surface area contributed by atoms with Gasteiger partial charge in [0.05, 0.1) is 5.56 Å². The summed E-state index contributed by atoms with van der Waals surface area (Å²) in [4.78, 5) is 19.8. The summed E-state index contributed by atoms with van der Waals surface area (Å²) >= 11 is 1.37. The molecule has 2 N–H and O–H groups in total. The van der Waals surface area contributed by atoms with Crippen LogP contribution in [0, 0.1) is 18.3 Å². The Morgan fingerprint density at radius 1 is 1.55 bits per heavy atom. The van der Waals surface area contributed by atoms with E-state index in [0.717, 1.165) is 5.69 Å². The van der Waals surface area contributed by atoms with E-state index in [4.69, 9.17) is 5.26 Å². The van der Waals surface area contributed by atoms with Crippen LogP contribution < -0.4 is 10.9 Å². The number of thiazole rings is 1. The van der Waals surface area contributed by atoms with Crippen molar-refractivity contribution in [2.45, 2.75) is 6.92 Å². The lowest BCUT2D eigenvalue weighted by atomic mass is 10.3. The van der Waals surface area contributed by atoms with Gasteiger partial charge in [-0.25, -0.2) is 4.98 Å². The van der Waals surface area contributed by atoms with E-state index in [0.29, 0.717) is 16.1 Å². The molecule has 0 aliphatic carbocycles. The predicted molar refractivity (Wildman–Crippen MR) is 75.3 cm³/mol. The van der Waals surface area contributed by atoms with E-state index in [1.807, 2.05) is 18.4 Å². The van der Waals surface area contributed by atoms with Crippen molar-refractivity contribution in [3.63, 3.8) is 0 Å². The van der Waals surface area contributed by atoms with Gasteiger partial charge in [-0.05, 0) is 19.1 Å². The first-order valence-electron chi connectivity index (χ1n) is 5.69. The fraction of sp³-hybridized carbons (Fsp3) is 0.0769. The molecule has 2 aromatic heterocycles. The van der Waals surface area contributed by atoms with Gasteiger partial charge in [0.15, 0.2) is 0 Å². The van der Waals surface area contributed by atoms with Crippen LogP contribution in [-0.4, -0.2) is 15.9 Å². The summed E-state index contributed by atoms with van der Waals surface area (Å²) < 4.78 is 0. The fourth-order valence-electron chi connectivity index (χ4n) is 1.36. The van der Waals surface area contributed by atoms with E-state index in [2.05, 4.69) is 20.8 Å². The number of nitrogens with zero attached hydrogens (tertiary/aromatic N) is 3. The largest absolute Gasteiger partial charge is 0.304 e. The second-order valence-electron chi connectivity index (χ2n) is 3.80. The highest BCUT2D eigenvalue weighted by Crippen LogP contribution is 2.17. The number of rotatable bonds is 4. The fourth-order valence-corrected chi connectivity index (χ4v) is 2.13. The Bertz CT molecular complexity index is 672. The van der Waals surface area contributed by atoms with Crippen molar-refractivity contribution in [3.05, 3.63) is 52.4 Å². The Hall–Kier alpha value is -2.72. The Labute approximate surface area is 119 Å². The number of nitriles is 1. The first kappa shape index (κ1) is 13.7. The summed E-state index contributed by atoms with van der Waals surface area (Å²) in [5.74, 6) is -0.332. The maximum atomic E-state index is 11.7. The first-order chi connectivity index (χ1) is 9.70. The minimum atomic E-state index is -0.332. The molecule has 2 aromatic rings. The maximum Gasteiger partial charge on any atom is 0.271 e. The van der Waals surface area contributed by atoms with E-state index in [-0.39, 0.29) is 5.91 Å². The predicted octanol–water partition coefficient (Wildman–Crippen LogP) is 1.65. The molecule has 6 nitrogen and oxygen atoms in total. The summed E-state index contributed by atoms with van der Waals surface area (Å²) in [7, 11) is 0. The average Bonchev–Trinajstić information content (AvgIpc) is 2.90. The van der Waals surface area contributed by atoms with Crippen molar-refractivity contribution in [3.8, 4) is 6.07 Å². The SMILES string of the molecule is Cc1csc(/C(C#N)=C/NNC(=O)c2cccnc2)n1. The average molecular weight is 285 g/mol. The van der Waals surface area contributed by atoms with Crippen LogP contribution in [0.5, 0.6) is 0 Å². The molecule has 1 amide bonds. The van der Waals surface area contributed by atoms with Crippen LogP contribution in [0.4, 0.5) is 0 Å². The molecular weight excluding hydrogens is 274 g/mol. The molecule has 0 aliphatic heterocycles. The van der Waals surface area contributed by atoms with E-state index in [1.165, 1.54) is 23.7 Å². The highest BCUT2D eigenvalue weighted by Gasteiger charge is 2.06. The van der Waals surface area contributed by atoms with Crippen LogP contribution in [0.3, 0.4) is 0 Å². The zero-order valence-corrected chi connectivity index (χ0v) is 11.4. The number of aromatic nitrogens is 2. The molecule has 2 heterocycles. The number of hydrogen-bond acceptors (Lipinski definition) is 6. The van der Waals surface area contributed by atoms with Gasteiger partial charge in [-0.2, -0.15) is 5.26 Å². The lowest BCUT2D eigenvalue weighted by molar-refractivity contribution is 0.0940. The summed E-state index contributed by atoms with van der Waals surface area (Å²) in [6, 6.07) is 5.34. The van der Waals surface area contributed by atoms with E-state index in [9.17, 15) is 4.79 Å². The van der Waals surface area contributed by atoms with E-state index in [1.54, 1.807) is 18.3 Å². The van der Waals surface area contributed by atoms with Gasteiger partial charge in [-0.15, -0.1) is 11.3 Å². The molecule has 0 saturated carbocycles. The van der Waals surface area contributed by atoms with Gasteiger partial charge in [0, 0.05) is 29.7 Å². The second kappa shape index (κ2) is 6.45. The summed E-state index contributed by atoms with van der Waals surface area (Å²) in [5, 5.41) is 11.5. The third-order valence-corrected chi connectivity index (χ3v) is 3.29. The molecule has 0 unspecified atom stereocenters. The topological polar surface area (TPSA) is 90.7 Å². The highest BCUT2D eigenvalue weighted by atomic mass is 32.1. The van der Waals surface area contributed by atoms with Gasteiger partial charge in [-0.3, -0.25) is 15.2 Å². The number of carbonyl (C=O) groups is 1. The number of hydrogen-bond donors (Lipinski definition) is 2. The van der Waals surface area contributed by atoms with Crippen molar-refractivity contribution in [2.75, 3.05) is 0 Å². The Balaban J connectivity index is 1.99. The zero-order chi connectivity index (χ0) is 14.4. The number of allylic oxidation sites excluding steroid dienone is 1. The Morgan fingerprint density at radius 3 is 3.00 bits per heavy atom. The molecule has 0 fully saturated rings. The molecule has 0 bridgehead atoms. The number of hydrazine groups is 1. The van der Waals surface area contributed by atoms with Gasteiger partial charge < -0.3 is 5.43 Å². The number of amides is 1. The normalized spacial score (nSPS) is 10.7. The van der Waals surface area contributed by atoms with Crippen LogP contribution in [-0.2, 0) is 0 Å². The van der Waals surface area contributed by atoms with Gasteiger partial charge in [0.1, 0.15) is 16.6 Å². The molecule has 0 saturated heterocycles. The first-order valence-corrected chi connectivity index (χ1v) is 6.57. The third-order valence-electron chi connectivity index (χ3n) is 2.30. The quantitative estimate of drug-likeness (QED) is 0.658. The smallest absolute Gasteiger partial charge is 0.271 e. The van der Waals surface area contributed by atoms with Gasteiger partial charge in [-0.1, -0.05) is 0 Å². The lowest BCUT2D eigenvalue weighted by Gasteiger charge is -2.04. The number of nitrogens with one attached hydrogen (secondary N) is 2. The number of carbonyl (C=O) groups excluding carboxylic acids is 1. The van der Waals surface area contributed by atoms with Crippen molar-refractivity contribution < 1.29 is 4.79 Å². The molecule has 0 radical (unpaired) electrons. The van der Waals surface area contributed by atoms with Crippen LogP contribution in [0.25, 0.3) is 5.57 Å². The standard InChI is InChI=1S/C13H11N5OS/c1-9-8-20-13(17-9)11(5-14)7-16-18-12(19)10-3-2-4-15-6-10/h2-4,6-8,16H,1H3,(H,18,19)/b11-7+.